The molecule has 2 aromatic carbocycles. The van der Waals surface area contributed by atoms with E-state index in [0.29, 0.717) is 6.54 Å². The summed E-state index contributed by atoms with van der Waals surface area (Å²) in [4.78, 5) is 26.7. The number of halogens is 1. The molecular formula is C23H27FN2O3. The van der Waals surface area contributed by atoms with Crippen molar-refractivity contribution in [1.29, 1.82) is 0 Å². The number of amides is 2. The van der Waals surface area contributed by atoms with Crippen LogP contribution in [0.2, 0.25) is 0 Å². The minimum atomic E-state index is -1.25. The monoisotopic (exact) mass is 398 g/mol. The molecule has 1 N–H and O–H groups in total. The number of carbonyl (C=O) groups excluding carboxylic acids is 2. The predicted molar refractivity (Wildman–Crippen MR) is 109 cm³/mol. The Morgan fingerprint density at radius 2 is 1.86 bits per heavy atom. The Morgan fingerprint density at radius 1 is 1.17 bits per heavy atom. The topological polar surface area (TPSA) is 58.6 Å². The van der Waals surface area contributed by atoms with E-state index in [9.17, 15) is 14.0 Å². The van der Waals surface area contributed by atoms with Crippen molar-refractivity contribution >= 4 is 11.8 Å². The van der Waals surface area contributed by atoms with Gasteiger partial charge in [-0.15, -0.1) is 0 Å². The van der Waals surface area contributed by atoms with Crippen molar-refractivity contribution in [2.45, 2.75) is 45.3 Å². The van der Waals surface area contributed by atoms with Crippen LogP contribution in [-0.2, 0) is 4.79 Å². The van der Waals surface area contributed by atoms with Crippen molar-refractivity contribution in [3.63, 3.8) is 0 Å². The quantitative estimate of drug-likeness (QED) is 0.828. The van der Waals surface area contributed by atoms with E-state index in [1.165, 1.54) is 24.7 Å². The molecule has 29 heavy (non-hydrogen) atoms. The maximum absolute atomic E-state index is 14.5. The number of likely N-dealkylation sites (tertiary alicyclic amines) is 1. The molecule has 1 aliphatic heterocycles. The molecule has 5 nitrogen and oxygen atoms in total. The highest BCUT2D eigenvalue weighted by atomic mass is 19.1. The standard InChI is InChI=1S/C23H27FN2O3/c1-15-7-9-16(10-8-15)19-6-5-13-26(19)22(28)23(2,3)29-20-12-11-17(14-18(20)24)21(27)25-4/h7-12,14,19H,5-6,13H2,1-4H3,(H,25,27). The third-order valence-electron chi connectivity index (χ3n) is 5.28. The van der Waals surface area contributed by atoms with Gasteiger partial charge in [-0.3, -0.25) is 9.59 Å². The second kappa shape index (κ2) is 8.23. The first kappa shape index (κ1) is 20.8. The summed E-state index contributed by atoms with van der Waals surface area (Å²) in [5.41, 5.74) is 1.21. The number of ether oxygens (including phenoxy) is 1. The highest BCUT2D eigenvalue weighted by molar-refractivity contribution is 5.94. The Bertz CT molecular complexity index is 909. The SMILES string of the molecule is CNC(=O)c1ccc(OC(C)(C)C(=O)N2CCCC2c2ccc(C)cc2)c(F)c1. The average molecular weight is 398 g/mol. The zero-order chi connectivity index (χ0) is 21.2. The zero-order valence-electron chi connectivity index (χ0n) is 17.3. The summed E-state index contributed by atoms with van der Waals surface area (Å²) in [5.74, 6) is -1.30. The number of nitrogens with zero attached hydrogens (tertiary/aromatic N) is 1. The molecule has 1 heterocycles. The van der Waals surface area contributed by atoms with E-state index in [4.69, 9.17) is 4.74 Å². The van der Waals surface area contributed by atoms with Crippen LogP contribution < -0.4 is 10.1 Å². The van der Waals surface area contributed by atoms with Crippen molar-refractivity contribution in [2.24, 2.45) is 0 Å². The van der Waals surface area contributed by atoms with E-state index in [1.807, 2.05) is 24.0 Å². The van der Waals surface area contributed by atoms with Gasteiger partial charge in [0.1, 0.15) is 0 Å². The molecule has 0 radical (unpaired) electrons. The Morgan fingerprint density at radius 3 is 2.48 bits per heavy atom. The largest absolute Gasteiger partial charge is 0.475 e. The molecule has 0 aromatic heterocycles. The molecule has 0 saturated carbocycles. The first-order valence-corrected chi connectivity index (χ1v) is 9.81. The smallest absolute Gasteiger partial charge is 0.266 e. The van der Waals surface area contributed by atoms with E-state index < -0.39 is 11.4 Å². The lowest BCUT2D eigenvalue weighted by molar-refractivity contribution is -0.146. The van der Waals surface area contributed by atoms with Gasteiger partial charge in [0.05, 0.1) is 6.04 Å². The number of hydrogen-bond acceptors (Lipinski definition) is 3. The maximum Gasteiger partial charge on any atom is 0.266 e. The third kappa shape index (κ3) is 4.42. The molecule has 0 bridgehead atoms. The van der Waals surface area contributed by atoms with Gasteiger partial charge in [-0.1, -0.05) is 29.8 Å². The lowest BCUT2D eigenvalue weighted by Crippen LogP contribution is -2.48. The van der Waals surface area contributed by atoms with Crippen molar-refractivity contribution in [3.05, 3.63) is 65.0 Å². The van der Waals surface area contributed by atoms with E-state index in [-0.39, 0.29) is 29.2 Å². The minimum Gasteiger partial charge on any atom is -0.475 e. The Balaban J connectivity index is 1.79. The maximum atomic E-state index is 14.5. The van der Waals surface area contributed by atoms with Crippen LogP contribution >= 0.6 is 0 Å². The summed E-state index contributed by atoms with van der Waals surface area (Å²) in [6, 6.07) is 12.2. The zero-order valence-corrected chi connectivity index (χ0v) is 17.3. The van der Waals surface area contributed by atoms with Gasteiger partial charge in [-0.2, -0.15) is 0 Å². The summed E-state index contributed by atoms with van der Waals surface area (Å²) in [6.45, 7) is 5.96. The summed E-state index contributed by atoms with van der Waals surface area (Å²) in [7, 11) is 1.48. The molecule has 6 heteroatoms. The van der Waals surface area contributed by atoms with E-state index >= 15 is 0 Å². The summed E-state index contributed by atoms with van der Waals surface area (Å²) < 4.78 is 20.2. The molecule has 3 rings (SSSR count). The lowest BCUT2D eigenvalue weighted by atomic mass is 10.0. The fourth-order valence-electron chi connectivity index (χ4n) is 3.68. The van der Waals surface area contributed by atoms with E-state index in [0.717, 1.165) is 24.5 Å². The Kier molecular flexibility index (Phi) is 5.91. The van der Waals surface area contributed by atoms with Crippen LogP contribution in [0.4, 0.5) is 4.39 Å². The molecule has 154 valence electrons. The first-order chi connectivity index (χ1) is 13.7. The third-order valence-corrected chi connectivity index (χ3v) is 5.28. The molecule has 2 amide bonds. The van der Waals surface area contributed by atoms with Crippen molar-refractivity contribution in [2.75, 3.05) is 13.6 Å². The fraction of sp³-hybridized carbons (Fsp3) is 0.391. The van der Waals surface area contributed by atoms with Crippen LogP contribution in [0.1, 0.15) is 54.2 Å². The number of aryl methyl sites for hydroxylation is 1. The summed E-state index contributed by atoms with van der Waals surface area (Å²) >= 11 is 0. The van der Waals surface area contributed by atoms with Crippen molar-refractivity contribution in [3.8, 4) is 5.75 Å². The highest BCUT2D eigenvalue weighted by Gasteiger charge is 2.40. The second-order valence-electron chi connectivity index (χ2n) is 7.90. The van der Waals surface area contributed by atoms with Gasteiger partial charge < -0.3 is 15.0 Å². The Labute approximate surface area is 170 Å². The summed E-state index contributed by atoms with van der Waals surface area (Å²) in [5, 5.41) is 2.45. The van der Waals surface area contributed by atoms with Gasteiger partial charge in [0.15, 0.2) is 17.2 Å². The van der Waals surface area contributed by atoms with E-state index in [2.05, 4.69) is 17.4 Å². The van der Waals surface area contributed by atoms with Gasteiger partial charge in [0.25, 0.3) is 11.8 Å². The van der Waals surface area contributed by atoms with Gasteiger partial charge in [0.2, 0.25) is 0 Å². The molecule has 1 fully saturated rings. The number of carbonyl (C=O) groups is 2. The minimum absolute atomic E-state index is 0.00792. The predicted octanol–water partition coefficient (Wildman–Crippen LogP) is 4.01. The normalized spacial score (nSPS) is 16.6. The number of benzene rings is 2. The van der Waals surface area contributed by atoms with Crippen LogP contribution in [-0.4, -0.2) is 35.9 Å². The molecule has 2 aromatic rings. The summed E-state index contributed by atoms with van der Waals surface area (Å²) in [6.07, 6.45) is 1.80. The molecule has 1 unspecified atom stereocenters. The van der Waals surface area contributed by atoms with Crippen LogP contribution in [0.15, 0.2) is 42.5 Å². The average Bonchev–Trinajstić information content (AvgIpc) is 3.18. The first-order valence-electron chi connectivity index (χ1n) is 9.81. The van der Waals surface area contributed by atoms with Gasteiger partial charge >= 0.3 is 0 Å². The molecule has 1 atom stereocenters. The highest BCUT2D eigenvalue weighted by Crippen LogP contribution is 2.35. The van der Waals surface area contributed by atoms with Crippen LogP contribution in [0.3, 0.4) is 0 Å². The molecule has 0 spiro atoms. The van der Waals surface area contributed by atoms with Crippen LogP contribution in [0.5, 0.6) is 5.75 Å². The number of rotatable bonds is 5. The van der Waals surface area contributed by atoms with Crippen molar-refractivity contribution < 1.29 is 18.7 Å². The fourth-order valence-corrected chi connectivity index (χ4v) is 3.68. The molecule has 1 saturated heterocycles. The van der Waals surface area contributed by atoms with Gasteiger partial charge in [-0.25, -0.2) is 4.39 Å². The number of nitrogens with one attached hydrogen (secondary N) is 1. The lowest BCUT2D eigenvalue weighted by Gasteiger charge is -2.33. The van der Waals surface area contributed by atoms with Crippen LogP contribution in [0.25, 0.3) is 0 Å². The van der Waals surface area contributed by atoms with Gasteiger partial charge in [-0.05, 0) is 57.4 Å². The molecule has 1 aliphatic rings. The van der Waals surface area contributed by atoms with Crippen LogP contribution in [0, 0.1) is 12.7 Å². The van der Waals surface area contributed by atoms with E-state index in [1.54, 1.807) is 13.8 Å². The van der Waals surface area contributed by atoms with Gasteiger partial charge in [0, 0.05) is 19.2 Å². The Hall–Kier alpha value is -2.89. The second-order valence-corrected chi connectivity index (χ2v) is 7.90. The molecule has 0 aliphatic carbocycles. The number of hydrogen-bond donors (Lipinski definition) is 1. The van der Waals surface area contributed by atoms with Crippen molar-refractivity contribution in [1.82, 2.24) is 10.2 Å². The molecular weight excluding hydrogens is 371 g/mol.